The van der Waals surface area contributed by atoms with Crippen molar-refractivity contribution >= 4 is 83.5 Å². The Bertz CT molecular complexity index is 4310. The summed E-state index contributed by atoms with van der Waals surface area (Å²) in [6.45, 7) is 6.82. The minimum Gasteiger partial charge on any atom is -0.458 e. The highest BCUT2D eigenvalue weighted by atomic mass is 16.5. The van der Waals surface area contributed by atoms with E-state index in [4.69, 9.17) is 4.74 Å². The fourth-order valence-corrected chi connectivity index (χ4v) is 12.7. The Balaban J connectivity index is 1.07. The molecule has 0 atom stereocenters. The van der Waals surface area contributed by atoms with Gasteiger partial charge in [-0.15, -0.1) is 0 Å². The van der Waals surface area contributed by atoms with E-state index in [2.05, 4.69) is 285 Å². The van der Waals surface area contributed by atoms with Gasteiger partial charge >= 0.3 is 0 Å². The molecule has 0 saturated carbocycles. The smallest absolute Gasteiger partial charge is 0.256 e. The van der Waals surface area contributed by atoms with Crippen LogP contribution in [-0.4, -0.2) is 11.3 Å². The molecule has 4 heteroatoms. The van der Waals surface area contributed by atoms with E-state index in [0.29, 0.717) is 0 Å². The van der Waals surface area contributed by atoms with Crippen molar-refractivity contribution in [3.63, 3.8) is 0 Å². The molecule has 358 valence electrons. The summed E-state index contributed by atoms with van der Waals surface area (Å²) in [7, 11) is 0. The summed E-state index contributed by atoms with van der Waals surface area (Å²) in [5.41, 5.74) is 20.9. The van der Waals surface area contributed by atoms with Crippen LogP contribution in [0.2, 0.25) is 0 Å². The summed E-state index contributed by atoms with van der Waals surface area (Å²) in [6.07, 6.45) is 0. The van der Waals surface area contributed by atoms with E-state index < -0.39 is 0 Å². The van der Waals surface area contributed by atoms with Gasteiger partial charge in [0.15, 0.2) is 0 Å². The number of nitrogens with zero attached hydrogens (tertiary/aromatic N) is 2. The number of hydrogen-bond acceptors (Lipinski definition) is 2. The van der Waals surface area contributed by atoms with Crippen LogP contribution in [0.25, 0.3) is 93.5 Å². The van der Waals surface area contributed by atoms with Crippen molar-refractivity contribution in [2.24, 2.45) is 0 Å². The standard InChI is InChI=1S/C72H51BN2O/c1-72(2,3)51-44-65-69-67(45-51)76-66-41-39-49(46-22-7-4-8-23-46)42-61(66)73(69)60-40-38-50(43-64(60)75(65)70-52(47-24-9-5-10-25-47)34-21-35-53(70)48-26-11-6-12-27-48)68-56-30-13-15-32-58(56)71(59-33-16-14-31-57(59)68)74-62-36-19-17-28-54(62)55-29-18-20-37-63(55)74/h4-45H,1-3H3. The third-order valence-corrected chi connectivity index (χ3v) is 16.2. The van der Waals surface area contributed by atoms with E-state index in [1.807, 2.05) is 0 Å². The van der Waals surface area contributed by atoms with Crippen molar-refractivity contribution in [2.45, 2.75) is 26.2 Å². The van der Waals surface area contributed by atoms with Gasteiger partial charge in [0.05, 0.1) is 22.4 Å². The average molecular weight is 971 g/mol. The second kappa shape index (κ2) is 17.1. The van der Waals surface area contributed by atoms with Gasteiger partial charge in [-0.05, 0) is 108 Å². The largest absolute Gasteiger partial charge is 0.458 e. The molecule has 13 aromatic rings. The number of anilines is 3. The Kier molecular flexibility index (Phi) is 9.93. The molecule has 15 rings (SSSR count). The van der Waals surface area contributed by atoms with Crippen LogP contribution in [-0.2, 0) is 5.41 Å². The van der Waals surface area contributed by atoms with Crippen LogP contribution >= 0.6 is 0 Å². The van der Waals surface area contributed by atoms with Crippen molar-refractivity contribution < 1.29 is 4.74 Å². The number of ether oxygens (including phenoxy) is 1. The third kappa shape index (κ3) is 6.77. The lowest BCUT2D eigenvalue weighted by Crippen LogP contribution is -2.59. The van der Waals surface area contributed by atoms with Crippen LogP contribution in [0.1, 0.15) is 26.3 Å². The normalized spacial score (nSPS) is 12.7. The first-order valence-electron chi connectivity index (χ1n) is 26.5. The van der Waals surface area contributed by atoms with E-state index in [-0.39, 0.29) is 12.1 Å². The molecular formula is C72H51BN2O. The Hall–Kier alpha value is -9.38. The molecule has 2 aliphatic heterocycles. The van der Waals surface area contributed by atoms with E-state index in [0.717, 1.165) is 56.4 Å². The Labute approximate surface area is 443 Å². The van der Waals surface area contributed by atoms with E-state index in [1.165, 1.54) is 87.7 Å². The second-order valence-corrected chi connectivity index (χ2v) is 21.5. The van der Waals surface area contributed by atoms with Gasteiger partial charge in [0.2, 0.25) is 0 Å². The van der Waals surface area contributed by atoms with E-state index in [1.54, 1.807) is 0 Å². The van der Waals surface area contributed by atoms with Crippen molar-refractivity contribution in [3.05, 3.63) is 260 Å². The average Bonchev–Trinajstić information content (AvgIpc) is 3.84. The minimum atomic E-state index is -0.188. The molecule has 0 N–H and O–H groups in total. The lowest BCUT2D eigenvalue weighted by atomic mass is 9.34. The lowest BCUT2D eigenvalue weighted by molar-refractivity contribution is 0.483. The molecule has 0 unspecified atom stereocenters. The SMILES string of the molecule is CC(C)(C)c1cc2c3c(c1)N(c1c(-c4ccccc4)cccc1-c1ccccc1)c1cc(-c4c5ccccc5c(-n5c6ccccc6c6ccccc65)c5ccccc45)ccc1B3c1cc(-c3ccccc3)ccc1O2. The van der Waals surface area contributed by atoms with Crippen LogP contribution in [0.15, 0.2) is 255 Å². The summed E-state index contributed by atoms with van der Waals surface area (Å²) in [5.74, 6) is 1.80. The van der Waals surface area contributed by atoms with Gasteiger partial charge in [0.25, 0.3) is 6.71 Å². The van der Waals surface area contributed by atoms with Crippen LogP contribution in [0.5, 0.6) is 11.5 Å². The fourth-order valence-electron chi connectivity index (χ4n) is 12.7. The summed E-state index contributed by atoms with van der Waals surface area (Å²) in [4.78, 5) is 2.61. The van der Waals surface area contributed by atoms with E-state index >= 15 is 0 Å². The van der Waals surface area contributed by atoms with Crippen LogP contribution < -0.4 is 26.0 Å². The molecule has 0 fully saturated rings. The van der Waals surface area contributed by atoms with Crippen LogP contribution in [0, 0.1) is 0 Å². The van der Waals surface area contributed by atoms with Crippen molar-refractivity contribution in [1.29, 1.82) is 0 Å². The maximum Gasteiger partial charge on any atom is 0.256 e. The summed E-state index contributed by atoms with van der Waals surface area (Å²) >= 11 is 0. The molecule has 3 nitrogen and oxygen atoms in total. The lowest BCUT2D eigenvalue weighted by Gasteiger charge is -2.42. The second-order valence-electron chi connectivity index (χ2n) is 21.5. The number of aromatic nitrogens is 1. The predicted molar refractivity (Wildman–Crippen MR) is 322 cm³/mol. The predicted octanol–water partition coefficient (Wildman–Crippen LogP) is 17.5. The van der Waals surface area contributed by atoms with Gasteiger partial charge in [0.1, 0.15) is 11.5 Å². The number of benzene rings is 12. The Morgan fingerprint density at radius 2 is 0.868 bits per heavy atom. The maximum absolute atomic E-state index is 7.24. The Morgan fingerprint density at radius 1 is 0.355 bits per heavy atom. The molecule has 0 radical (unpaired) electrons. The van der Waals surface area contributed by atoms with Crippen molar-refractivity contribution in [2.75, 3.05) is 4.90 Å². The zero-order chi connectivity index (χ0) is 50.6. The number of hydrogen-bond donors (Lipinski definition) is 0. The molecule has 76 heavy (non-hydrogen) atoms. The minimum absolute atomic E-state index is 0.123. The molecule has 12 aromatic carbocycles. The van der Waals surface area contributed by atoms with Crippen molar-refractivity contribution in [3.8, 4) is 61.7 Å². The van der Waals surface area contributed by atoms with Gasteiger partial charge in [-0.25, -0.2) is 0 Å². The summed E-state index contributed by atoms with van der Waals surface area (Å²) < 4.78 is 9.74. The Morgan fingerprint density at radius 3 is 1.45 bits per heavy atom. The van der Waals surface area contributed by atoms with E-state index in [9.17, 15) is 0 Å². The fraction of sp³-hybridized carbons (Fsp3) is 0.0556. The zero-order valence-corrected chi connectivity index (χ0v) is 42.6. The first-order chi connectivity index (χ1) is 37.4. The molecule has 0 bridgehead atoms. The molecule has 0 amide bonds. The number of rotatable bonds is 6. The highest BCUT2D eigenvalue weighted by molar-refractivity contribution is 6.99. The quantitative estimate of drug-likeness (QED) is 0.122. The molecule has 0 saturated heterocycles. The topological polar surface area (TPSA) is 17.4 Å². The van der Waals surface area contributed by atoms with Gasteiger partial charge in [-0.3, -0.25) is 0 Å². The molecular weight excluding hydrogens is 920 g/mol. The summed E-state index contributed by atoms with van der Waals surface area (Å²) in [6, 6.07) is 94.2. The molecule has 3 heterocycles. The number of fused-ring (bicyclic) bond motifs is 9. The zero-order valence-electron chi connectivity index (χ0n) is 42.6. The molecule has 2 aliphatic rings. The maximum atomic E-state index is 7.24. The highest BCUT2D eigenvalue weighted by Crippen LogP contribution is 2.52. The van der Waals surface area contributed by atoms with Gasteiger partial charge in [-0.1, -0.05) is 239 Å². The highest BCUT2D eigenvalue weighted by Gasteiger charge is 2.44. The summed E-state index contributed by atoms with van der Waals surface area (Å²) in [5, 5.41) is 7.32. The number of para-hydroxylation sites is 3. The third-order valence-electron chi connectivity index (χ3n) is 16.2. The van der Waals surface area contributed by atoms with Gasteiger partial charge in [-0.2, -0.15) is 0 Å². The first-order valence-corrected chi connectivity index (χ1v) is 26.5. The van der Waals surface area contributed by atoms with Crippen molar-refractivity contribution in [1.82, 2.24) is 4.57 Å². The first kappa shape index (κ1) is 44.1. The van der Waals surface area contributed by atoms with Gasteiger partial charge in [0, 0.05) is 44.0 Å². The molecule has 0 aliphatic carbocycles. The van der Waals surface area contributed by atoms with Crippen LogP contribution in [0.3, 0.4) is 0 Å². The molecule has 1 aromatic heterocycles. The van der Waals surface area contributed by atoms with Crippen LogP contribution in [0.4, 0.5) is 17.1 Å². The molecule has 0 spiro atoms. The van der Waals surface area contributed by atoms with Gasteiger partial charge < -0.3 is 14.2 Å². The monoisotopic (exact) mass is 970 g/mol.